The van der Waals surface area contributed by atoms with Crippen molar-refractivity contribution in [3.05, 3.63) is 38.8 Å². The van der Waals surface area contributed by atoms with Crippen LogP contribution in [0.2, 0.25) is 5.02 Å². The lowest BCUT2D eigenvalue weighted by atomic mass is 10.1. The van der Waals surface area contributed by atoms with Gasteiger partial charge in [0.05, 0.1) is 23.0 Å². The van der Waals surface area contributed by atoms with Crippen LogP contribution in [0.25, 0.3) is 0 Å². The van der Waals surface area contributed by atoms with E-state index in [-0.39, 0.29) is 6.04 Å². The molecule has 0 radical (unpaired) electrons. The van der Waals surface area contributed by atoms with Crippen LogP contribution in [-0.2, 0) is 13.0 Å². The number of hydrogen-bond acceptors (Lipinski definition) is 3. The number of aromatic nitrogens is 2. The predicted molar refractivity (Wildman–Crippen MR) is 86.7 cm³/mol. The topological polar surface area (TPSA) is 29.9 Å². The van der Waals surface area contributed by atoms with Crippen LogP contribution >= 0.6 is 22.9 Å². The highest BCUT2D eigenvalue weighted by Crippen LogP contribution is 2.33. The summed E-state index contributed by atoms with van der Waals surface area (Å²) in [4.78, 5) is 1.36. The minimum absolute atomic E-state index is 0.139. The van der Waals surface area contributed by atoms with Crippen molar-refractivity contribution in [2.75, 3.05) is 6.54 Å². The van der Waals surface area contributed by atoms with E-state index in [4.69, 9.17) is 11.6 Å². The van der Waals surface area contributed by atoms with Gasteiger partial charge in [-0.2, -0.15) is 5.10 Å². The Morgan fingerprint density at radius 2 is 2.20 bits per heavy atom. The van der Waals surface area contributed by atoms with E-state index in [9.17, 15) is 0 Å². The first-order chi connectivity index (χ1) is 9.72. The Morgan fingerprint density at radius 1 is 1.40 bits per heavy atom. The van der Waals surface area contributed by atoms with E-state index in [1.54, 1.807) is 17.5 Å². The molecule has 2 heterocycles. The summed E-state index contributed by atoms with van der Waals surface area (Å²) in [7, 11) is 0. The lowest BCUT2D eigenvalue weighted by molar-refractivity contribution is 0.533. The molecule has 2 aromatic heterocycles. The zero-order valence-electron chi connectivity index (χ0n) is 12.3. The fourth-order valence-electron chi connectivity index (χ4n) is 2.41. The van der Waals surface area contributed by atoms with Gasteiger partial charge in [-0.3, -0.25) is 4.68 Å². The van der Waals surface area contributed by atoms with Crippen molar-refractivity contribution in [1.29, 1.82) is 0 Å². The first-order valence-corrected chi connectivity index (χ1v) is 8.49. The molecular weight excluding hydrogens is 290 g/mol. The number of nitrogens with one attached hydrogen (secondary N) is 1. The molecule has 2 aromatic rings. The Hall–Kier alpha value is -0.840. The Labute approximate surface area is 130 Å². The molecule has 0 aliphatic carbocycles. The quantitative estimate of drug-likeness (QED) is 0.827. The second-order valence-corrected chi connectivity index (χ2v) is 6.10. The number of thiophene rings is 1. The zero-order chi connectivity index (χ0) is 14.5. The third-order valence-electron chi connectivity index (χ3n) is 3.43. The molecule has 0 fully saturated rings. The van der Waals surface area contributed by atoms with Crippen molar-refractivity contribution in [1.82, 2.24) is 15.1 Å². The summed E-state index contributed by atoms with van der Waals surface area (Å²) in [5, 5.41) is 10.9. The first-order valence-electron chi connectivity index (χ1n) is 7.23. The smallest absolute Gasteiger partial charge is 0.0859 e. The van der Waals surface area contributed by atoms with Crippen molar-refractivity contribution < 1.29 is 0 Å². The molecule has 0 bridgehead atoms. The fraction of sp³-hybridized carbons (Fsp3) is 0.533. The number of aryl methyl sites for hydroxylation is 2. The Kier molecular flexibility index (Phi) is 5.64. The first kappa shape index (κ1) is 15.5. The molecule has 0 aromatic carbocycles. The van der Waals surface area contributed by atoms with Gasteiger partial charge in [-0.15, -0.1) is 11.3 Å². The Morgan fingerprint density at radius 3 is 2.85 bits per heavy atom. The van der Waals surface area contributed by atoms with Gasteiger partial charge in [0, 0.05) is 11.4 Å². The average molecular weight is 312 g/mol. The summed E-state index contributed by atoms with van der Waals surface area (Å²) in [6, 6.07) is 2.35. The molecule has 0 amide bonds. The summed E-state index contributed by atoms with van der Waals surface area (Å²) in [6.07, 6.45) is 3.89. The van der Waals surface area contributed by atoms with E-state index in [2.05, 4.69) is 42.6 Å². The highest BCUT2D eigenvalue weighted by molar-refractivity contribution is 7.10. The molecule has 0 spiro atoms. The third kappa shape index (κ3) is 3.08. The molecule has 2 rings (SSSR count). The maximum Gasteiger partial charge on any atom is 0.0859 e. The summed E-state index contributed by atoms with van der Waals surface area (Å²) in [5.74, 6) is 0. The summed E-state index contributed by atoms with van der Waals surface area (Å²) in [6.45, 7) is 8.27. The van der Waals surface area contributed by atoms with Crippen LogP contribution in [0.1, 0.15) is 49.4 Å². The molecule has 0 aliphatic heterocycles. The van der Waals surface area contributed by atoms with Gasteiger partial charge in [0.2, 0.25) is 0 Å². The van der Waals surface area contributed by atoms with Gasteiger partial charge >= 0.3 is 0 Å². The second-order valence-electron chi connectivity index (χ2n) is 4.74. The SMILES string of the molecule is CCCNC(c1sccc1CC)c1c(Cl)cnn1CC. The third-order valence-corrected chi connectivity index (χ3v) is 4.74. The van der Waals surface area contributed by atoms with Gasteiger partial charge in [0.25, 0.3) is 0 Å². The van der Waals surface area contributed by atoms with Crippen LogP contribution in [0, 0.1) is 0 Å². The summed E-state index contributed by atoms with van der Waals surface area (Å²) < 4.78 is 1.99. The van der Waals surface area contributed by atoms with Gasteiger partial charge in [0.15, 0.2) is 0 Å². The van der Waals surface area contributed by atoms with Crippen molar-refractivity contribution in [2.45, 2.75) is 46.2 Å². The molecule has 20 heavy (non-hydrogen) atoms. The molecule has 0 saturated heterocycles. The van der Waals surface area contributed by atoms with E-state index in [1.165, 1.54) is 10.4 Å². The van der Waals surface area contributed by atoms with Crippen molar-refractivity contribution in [3.63, 3.8) is 0 Å². The van der Waals surface area contributed by atoms with E-state index >= 15 is 0 Å². The maximum absolute atomic E-state index is 6.39. The lowest BCUT2D eigenvalue weighted by Gasteiger charge is -2.20. The second kappa shape index (κ2) is 7.25. The summed E-state index contributed by atoms with van der Waals surface area (Å²) >= 11 is 8.19. The molecule has 0 saturated carbocycles. The number of halogens is 1. The fourth-order valence-corrected chi connectivity index (χ4v) is 3.73. The van der Waals surface area contributed by atoms with E-state index in [1.807, 2.05) is 4.68 Å². The monoisotopic (exact) mass is 311 g/mol. The number of rotatable bonds is 7. The summed E-state index contributed by atoms with van der Waals surface area (Å²) in [5.41, 5.74) is 2.48. The Balaban J connectivity index is 2.44. The maximum atomic E-state index is 6.39. The van der Waals surface area contributed by atoms with Crippen molar-refractivity contribution in [3.8, 4) is 0 Å². The van der Waals surface area contributed by atoms with Gasteiger partial charge in [-0.1, -0.05) is 25.4 Å². The van der Waals surface area contributed by atoms with Crippen LogP contribution in [0.3, 0.4) is 0 Å². The predicted octanol–water partition coefficient (Wildman–Crippen LogP) is 4.27. The molecule has 0 aliphatic rings. The van der Waals surface area contributed by atoms with Crippen LogP contribution in [-0.4, -0.2) is 16.3 Å². The van der Waals surface area contributed by atoms with E-state index in [0.717, 1.165) is 36.6 Å². The number of nitrogens with zero attached hydrogens (tertiary/aromatic N) is 2. The molecule has 1 unspecified atom stereocenters. The van der Waals surface area contributed by atoms with Crippen LogP contribution in [0.4, 0.5) is 0 Å². The molecular formula is C15H22ClN3S. The largest absolute Gasteiger partial charge is 0.304 e. The average Bonchev–Trinajstić information content (AvgIpc) is 3.07. The molecule has 1 atom stereocenters. The standard InChI is InChI=1S/C15H22ClN3S/c1-4-8-17-13(15-11(5-2)7-9-20-15)14-12(16)10-18-19(14)6-3/h7,9-10,13,17H,4-6,8H2,1-3H3. The normalized spacial score (nSPS) is 12.8. The Bertz CT molecular complexity index is 547. The zero-order valence-corrected chi connectivity index (χ0v) is 13.9. The highest BCUT2D eigenvalue weighted by Gasteiger charge is 2.24. The molecule has 5 heteroatoms. The van der Waals surface area contributed by atoms with Crippen molar-refractivity contribution >= 4 is 22.9 Å². The van der Waals surface area contributed by atoms with Crippen molar-refractivity contribution in [2.24, 2.45) is 0 Å². The van der Waals surface area contributed by atoms with Gasteiger partial charge in [-0.05, 0) is 43.3 Å². The number of hydrogen-bond donors (Lipinski definition) is 1. The minimum Gasteiger partial charge on any atom is -0.304 e. The van der Waals surface area contributed by atoms with E-state index in [0.29, 0.717) is 0 Å². The molecule has 3 nitrogen and oxygen atoms in total. The van der Waals surface area contributed by atoms with Gasteiger partial charge in [0.1, 0.15) is 0 Å². The van der Waals surface area contributed by atoms with Crippen LogP contribution in [0.5, 0.6) is 0 Å². The lowest BCUT2D eigenvalue weighted by Crippen LogP contribution is -2.26. The van der Waals surface area contributed by atoms with Crippen LogP contribution < -0.4 is 5.32 Å². The van der Waals surface area contributed by atoms with E-state index < -0.39 is 0 Å². The van der Waals surface area contributed by atoms with Gasteiger partial charge < -0.3 is 5.32 Å². The van der Waals surface area contributed by atoms with Crippen LogP contribution in [0.15, 0.2) is 17.6 Å². The highest BCUT2D eigenvalue weighted by atomic mass is 35.5. The van der Waals surface area contributed by atoms with Gasteiger partial charge in [-0.25, -0.2) is 0 Å². The molecule has 110 valence electrons. The molecule has 1 N–H and O–H groups in total. The minimum atomic E-state index is 0.139.